The van der Waals surface area contributed by atoms with Crippen molar-refractivity contribution < 1.29 is 17.5 Å². The normalized spacial score (nSPS) is 15.6. The molecule has 0 fully saturated rings. The van der Waals surface area contributed by atoms with Crippen LogP contribution in [0.3, 0.4) is 0 Å². The number of hydrogen-bond acceptors (Lipinski definition) is 3. The molecule has 1 heterocycles. The van der Waals surface area contributed by atoms with E-state index in [9.17, 15) is 12.8 Å². The van der Waals surface area contributed by atoms with Crippen molar-refractivity contribution >= 4 is 22.2 Å². The zero-order chi connectivity index (χ0) is 16.6. The SMILES string of the molecule is CC1(C)C=C(c2ccc(F)cc2)c2ccc(N[SH](=O)=O)cc2O1. The smallest absolute Gasteiger partial charge is 0.222 e. The summed E-state index contributed by atoms with van der Waals surface area (Å²) in [5, 5.41) is 0. The molecule has 120 valence electrons. The summed E-state index contributed by atoms with van der Waals surface area (Å²) in [6, 6.07) is 11.4. The first-order valence-electron chi connectivity index (χ1n) is 7.07. The van der Waals surface area contributed by atoms with Gasteiger partial charge in [-0.1, -0.05) is 12.1 Å². The summed E-state index contributed by atoms with van der Waals surface area (Å²) in [4.78, 5) is 0. The Morgan fingerprint density at radius 3 is 2.43 bits per heavy atom. The summed E-state index contributed by atoms with van der Waals surface area (Å²) in [6.07, 6.45) is 1.98. The molecule has 0 amide bonds. The molecular formula is C17H16FNO3S. The predicted octanol–water partition coefficient (Wildman–Crippen LogP) is 3.37. The topological polar surface area (TPSA) is 55.4 Å². The molecule has 4 nitrogen and oxygen atoms in total. The van der Waals surface area contributed by atoms with Gasteiger partial charge < -0.3 is 4.74 Å². The Bertz CT molecular complexity index is 847. The van der Waals surface area contributed by atoms with Gasteiger partial charge in [-0.15, -0.1) is 0 Å². The molecule has 0 unspecified atom stereocenters. The summed E-state index contributed by atoms with van der Waals surface area (Å²) in [5.74, 6) is 0.290. The molecule has 6 heteroatoms. The third-order valence-electron chi connectivity index (χ3n) is 3.51. The number of rotatable bonds is 3. The standard InChI is InChI=1S/C17H16FNO3S/c1-17(2)10-15(11-3-5-12(18)6-4-11)14-8-7-13(19-23(20)21)9-16(14)22-17/h3-10,23H,1-2H3,(H,19,20,21). The molecular weight excluding hydrogens is 317 g/mol. The van der Waals surface area contributed by atoms with Crippen LogP contribution < -0.4 is 9.46 Å². The van der Waals surface area contributed by atoms with Crippen LogP contribution in [0.1, 0.15) is 25.0 Å². The summed E-state index contributed by atoms with van der Waals surface area (Å²) in [7, 11) is -2.73. The van der Waals surface area contributed by atoms with Gasteiger partial charge in [-0.2, -0.15) is 0 Å². The van der Waals surface area contributed by atoms with E-state index >= 15 is 0 Å². The third kappa shape index (κ3) is 3.37. The first-order chi connectivity index (χ1) is 10.8. The fourth-order valence-corrected chi connectivity index (χ4v) is 2.96. The Balaban J connectivity index is 2.10. The molecule has 1 aliphatic rings. The van der Waals surface area contributed by atoms with E-state index in [1.54, 1.807) is 30.3 Å². The summed E-state index contributed by atoms with van der Waals surface area (Å²) >= 11 is 0. The monoisotopic (exact) mass is 333 g/mol. The molecule has 0 aliphatic carbocycles. The Morgan fingerprint density at radius 2 is 1.78 bits per heavy atom. The molecule has 2 aromatic carbocycles. The molecule has 0 atom stereocenters. The number of halogens is 1. The van der Waals surface area contributed by atoms with Gasteiger partial charge in [-0.3, -0.25) is 4.72 Å². The number of thiol groups is 1. The van der Waals surface area contributed by atoms with E-state index < -0.39 is 16.5 Å². The second-order valence-corrected chi connectivity index (χ2v) is 6.59. The quantitative estimate of drug-likeness (QED) is 0.847. The van der Waals surface area contributed by atoms with E-state index in [0.29, 0.717) is 11.4 Å². The van der Waals surface area contributed by atoms with E-state index in [-0.39, 0.29) is 5.82 Å². The highest BCUT2D eigenvalue weighted by Crippen LogP contribution is 2.40. The molecule has 2 aromatic rings. The van der Waals surface area contributed by atoms with Crippen LogP contribution >= 0.6 is 0 Å². The highest BCUT2D eigenvalue weighted by atomic mass is 32.2. The Labute approximate surface area is 135 Å². The third-order valence-corrected chi connectivity index (χ3v) is 3.95. The van der Waals surface area contributed by atoms with Crippen LogP contribution in [0.15, 0.2) is 48.5 Å². The summed E-state index contributed by atoms with van der Waals surface area (Å²) in [5.41, 5.74) is 2.52. The average Bonchev–Trinajstić information content (AvgIpc) is 2.45. The molecule has 0 bridgehead atoms. The van der Waals surface area contributed by atoms with E-state index in [0.717, 1.165) is 16.7 Å². The Morgan fingerprint density at radius 1 is 1.09 bits per heavy atom. The molecule has 0 aromatic heterocycles. The van der Waals surface area contributed by atoms with Gasteiger partial charge in [0, 0.05) is 11.6 Å². The fourth-order valence-electron chi connectivity index (χ4n) is 2.61. The molecule has 0 saturated heterocycles. The van der Waals surface area contributed by atoms with Crippen molar-refractivity contribution in [2.24, 2.45) is 0 Å². The van der Waals surface area contributed by atoms with Crippen LogP contribution in [0.25, 0.3) is 5.57 Å². The summed E-state index contributed by atoms with van der Waals surface area (Å²) in [6.45, 7) is 3.82. The highest BCUT2D eigenvalue weighted by Gasteiger charge is 2.27. The maximum atomic E-state index is 13.2. The second-order valence-electron chi connectivity index (χ2n) is 5.85. The number of anilines is 1. The first-order valence-corrected chi connectivity index (χ1v) is 8.25. The zero-order valence-corrected chi connectivity index (χ0v) is 13.6. The maximum absolute atomic E-state index is 13.2. The number of ether oxygens (including phenoxy) is 1. The lowest BCUT2D eigenvalue weighted by Crippen LogP contribution is -2.29. The van der Waals surface area contributed by atoms with Crippen molar-refractivity contribution in [2.75, 3.05) is 4.72 Å². The van der Waals surface area contributed by atoms with Crippen LogP contribution in [-0.4, -0.2) is 14.0 Å². The van der Waals surface area contributed by atoms with Gasteiger partial charge >= 0.3 is 0 Å². The predicted molar refractivity (Wildman–Crippen MR) is 88.6 cm³/mol. The molecule has 1 aliphatic heterocycles. The van der Waals surface area contributed by atoms with Gasteiger partial charge in [0.1, 0.15) is 17.2 Å². The Hall–Kier alpha value is -2.34. The first kappa shape index (κ1) is 15.6. The summed E-state index contributed by atoms with van der Waals surface area (Å²) < 4.78 is 43.1. The van der Waals surface area contributed by atoms with E-state index in [2.05, 4.69) is 4.72 Å². The molecule has 0 saturated carbocycles. The molecule has 0 spiro atoms. The van der Waals surface area contributed by atoms with Gasteiger partial charge in [0.15, 0.2) is 0 Å². The van der Waals surface area contributed by atoms with Gasteiger partial charge in [0.2, 0.25) is 10.9 Å². The molecule has 23 heavy (non-hydrogen) atoms. The lowest BCUT2D eigenvalue weighted by molar-refractivity contribution is 0.158. The van der Waals surface area contributed by atoms with Crippen molar-refractivity contribution in [3.8, 4) is 5.75 Å². The van der Waals surface area contributed by atoms with Crippen LogP contribution in [0, 0.1) is 5.82 Å². The average molecular weight is 333 g/mol. The number of hydrogen-bond donors (Lipinski definition) is 2. The van der Waals surface area contributed by atoms with Crippen molar-refractivity contribution in [1.82, 2.24) is 0 Å². The van der Waals surface area contributed by atoms with Gasteiger partial charge in [-0.25, -0.2) is 12.8 Å². The molecule has 0 radical (unpaired) electrons. The van der Waals surface area contributed by atoms with Crippen LogP contribution in [0.5, 0.6) is 5.75 Å². The lowest BCUT2D eigenvalue weighted by atomic mass is 9.90. The maximum Gasteiger partial charge on any atom is 0.222 e. The Kier molecular flexibility index (Phi) is 3.85. The molecule has 1 N–H and O–H groups in total. The van der Waals surface area contributed by atoms with Gasteiger partial charge in [0.05, 0.1) is 5.69 Å². The van der Waals surface area contributed by atoms with E-state index in [1.165, 1.54) is 12.1 Å². The second kappa shape index (κ2) is 5.70. The minimum Gasteiger partial charge on any atom is -0.483 e. The van der Waals surface area contributed by atoms with Crippen molar-refractivity contribution in [3.63, 3.8) is 0 Å². The number of nitrogens with one attached hydrogen (secondary N) is 1. The highest BCUT2D eigenvalue weighted by molar-refractivity contribution is 7.73. The minimum atomic E-state index is -2.73. The number of fused-ring (bicyclic) bond motifs is 1. The fraction of sp³-hybridized carbons (Fsp3) is 0.176. The van der Waals surface area contributed by atoms with Crippen LogP contribution in [0.4, 0.5) is 10.1 Å². The van der Waals surface area contributed by atoms with Crippen LogP contribution in [0.2, 0.25) is 0 Å². The minimum absolute atomic E-state index is 0.292. The van der Waals surface area contributed by atoms with E-state index in [4.69, 9.17) is 4.74 Å². The molecule has 3 rings (SSSR count). The van der Waals surface area contributed by atoms with Crippen molar-refractivity contribution in [2.45, 2.75) is 19.4 Å². The van der Waals surface area contributed by atoms with Crippen LogP contribution in [-0.2, 0) is 10.9 Å². The van der Waals surface area contributed by atoms with Gasteiger partial charge in [-0.05, 0) is 55.3 Å². The lowest BCUT2D eigenvalue weighted by Gasteiger charge is -2.31. The van der Waals surface area contributed by atoms with Gasteiger partial charge in [0.25, 0.3) is 0 Å². The zero-order valence-electron chi connectivity index (χ0n) is 12.7. The van der Waals surface area contributed by atoms with Crippen molar-refractivity contribution in [3.05, 3.63) is 65.5 Å². The van der Waals surface area contributed by atoms with Crippen molar-refractivity contribution in [1.29, 1.82) is 0 Å². The largest absolute Gasteiger partial charge is 0.483 e. The van der Waals surface area contributed by atoms with E-state index in [1.807, 2.05) is 19.9 Å². The number of benzene rings is 2.